The van der Waals surface area contributed by atoms with Crippen molar-refractivity contribution in [2.24, 2.45) is 0 Å². The number of carbonyl (C=O) groups is 1. The Hall–Kier alpha value is -1.55. The van der Waals surface area contributed by atoms with Gasteiger partial charge >= 0.3 is 0 Å². The van der Waals surface area contributed by atoms with Gasteiger partial charge in [-0.25, -0.2) is 0 Å². The molecular weight excluding hydrogens is 192 g/mol. The van der Waals surface area contributed by atoms with Crippen LogP contribution in [0, 0.1) is 0 Å². The summed E-state index contributed by atoms with van der Waals surface area (Å²) in [6.07, 6.45) is 0. The molecule has 1 unspecified atom stereocenters. The van der Waals surface area contributed by atoms with E-state index in [0.29, 0.717) is 5.69 Å². The van der Waals surface area contributed by atoms with Crippen molar-refractivity contribution < 1.29 is 9.53 Å². The Bertz CT molecular complexity index is 339. The van der Waals surface area contributed by atoms with Crippen LogP contribution in [0.2, 0.25) is 0 Å². The molecule has 0 saturated carbocycles. The molecule has 1 rings (SSSR count). The summed E-state index contributed by atoms with van der Waals surface area (Å²) in [5.74, 6) is -0.145. The van der Waals surface area contributed by atoms with E-state index in [1.807, 2.05) is 31.2 Å². The number of hydrogen-bond acceptors (Lipinski definition) is 3. The first-order valence-corrected chi connectivity index (χ1v) is 4.78. The second kappa shape index (κ2) is 5.36. The number of carbonyl (C=O) groups excluding carboxylic acids is 1. The van der Waals surface area contributed by atoms with Crippen molar-refractivity contribution in [1.29, 1.82) is 0 Å². The molecule has 0 heterocycles. The average Bonchev–Trinajstić information content (AvgIpc) is 2.18. The maximum absolute atomic E-state index is 11.3. The Balaban J connectivity index is 2.65. The highest BCUT2D eigenvalue weighted by Crippen LogP contribution is 2.18. The van der Waals surface area contributed by atoms with Gasteiger partial charge in [0.25, 0.3) is 0 Å². The molecule has 0 saturated heterocycles. The maximum Gasteiger partial charge on any atom is 0.246 e. The Morgan fingerprint density at radius 1 is 1.53 bits per heavy atom. The fourth-order valence-corrected chi connectivity index (χ4v) is 1.40. The molecule has 0 aliphatic rings. The first-order valence-electron chi connectivity index (χ1n) is 4.78. The Labute approximate surface area is 89.4 Å². The number of hydrogen-bond donors (Lipinski definition) is 2. The van der Waals surface area contributed by atoms with Crippen molar-refractivity contribution in [1.82, 2.24) is 5.32 Å². The predicted octanol–water partition coefficient (Wildman–Crippen LogP) is 1.09. The van der Waals surface area contributed by atoms with E-state index in [0.717, 1.165) is 5.56 Å². The highest BCUT2D eigenvalue weighted by molar-refractivity contribution is 5.77. The molecule has 0 spiro atoms. The third-order valence-corrected chi connectivity index (χ3v) is 2.12. The van der Waals surface area contributed by atoms with Crippen molar-refractivity contribution in [3.05, 3.63) is 29.8 Å². The number of methoxy groups -OCH3 is 1. The van der Waals surface area contributed by atoms with Crippen LogP contribution in [-0.4, -0.2) is 19.6 Å². The molecule has 0 aromatic heterocycles. The smallest absolute Gasteiger partial charge is 0.246 e. The number of nitrogens with two attached hydrogens (primary N) is 1. The predicted molar refractivity (Wildman–Crippen MR) is 59.3 cm³/mol. The lowest BCUT2D eigenvalue weighted by molar-refractivity contribution is -0.125. The van der Waals surface area contributed by atoms with Gasteiger partial charge in [-0.1, -0.05) is 18.2 Å². The minimum atomic E-state index is -0.145. The average molecular weight is 208 g/mol. The van der Waals surface area contributed by atoms with Gasteiger partial charge < -0.3 is 15.8 Å². The van der Waals surface area contributed by atoms with Gasteiger partial charge in [-0.2, -0.15) is 0 Å². The molecule has 1 aromatic carbocycles. The number of rotatable bonds is 4. The van der Waals surface area contributed by atoms with Crippen LogP contribution >= 0.6 is 0 Å². The van der Waals surface area contributed by atoms with Gasteiger partial charge in [-0.3, -0.25) is 4.79 Å². The number of nitrogen functional groups attached to an aromatic ring is 1. The topological polar surface area (TPSA) is 64.3 Å². The maximum atomic E-state index is 11.3. The summed E-state index contributed by atoms with van der Waals surface area (Å²) in [6, 6.07) is 7.36. The van der Waals surface area contributed by atoms with Crippen LogP contribution in [0.3, 0.4) is 0 Å². The molecular formula is C11H16N2O2. The molecule has 4 heteroatoms. The van der Waals surface area contributed by atoms with Gasteiger partial charge in [0, 0.05) is 12.8 Å². The summed E-state index contributed by atoms with van der Waals surface area (Å²) in [6.45, 7) is 1.95. The fourth-order valence-electron chi connectivity index (χ4n) is 1.40. The first kappa shape index (κ1) is 11.5. The normalized spacial score (nSPS) is 12.1. The molecule has 1 amide bonds. The molecule has 0 bridgehead atoms. The zero-order chi connectivity index (χ0) is 11.3. The van der Waals surface area contributed by atoms with Crippen LogP contribution < -0.4 is 11.1 Å². The summed E-state index contributed by atoms with van der Waals surface area (Å²) >= 11 is 0. The van der Waals surface area contributed by atoms with Crippen molar-refractivity contribution in [2.45, 2.75) is 13.0 Å². The van der Waals surface area contributed by atoms with E-state index in [-0.39, 0.29) is 18.6 Å². The summed E-state index contributed by atoms with van der Waals surface area (Å²) in [5.41, 5.74) is 7.39. The van der Waals surface area contributed by atoms with Gasteiger partial charge in [0.1, 0.15) is 6.61 Å². The molecule has 0 fully saturated rings. The van der Waals surface area contributed by atoms with Crippen LogP contribution in [-0.2, 0) is 9.53 Å². The van der Waals surface area contributed by atoms with Crippen molar-refractivity contribution in [3.63, 3.8) is 0 Å². The molecule has 0 aliphatic heterocycles. The van der Waals surface area contributed by atoms with Crippen molar-refractivity contribution >= 4 is 11.6 Å². The molecule has 82 valence electrons. The minimum absolute atomic E-state index is 0.0665. The van der Waals surface area contributed by atoms with E-state index in [1.165, 1.54) is 7.11 Å². The fraction of sp³-hybridized carbons (Fsp3) is 0.364. The van der Waals surface area contributed by atoms with Crippen LogP contribution in [0.5, 0.6) is 0 Å². The van der Waals surface area contributed by atoms with Crippen LogP contribution in [0.15, 0.2) is 24.3 Å². The lowest BCUT2D eigenvalue weighted by atomic mass is 10.1. The molecule has 15 heavy (non-hydrogen) atoms. The number of nitrogens with one attached hydrogen (secondary N) is 1. The standard InChI is InChI=1S/C11H16N2O2/c1-8(13-11(14)7-15-2)9-5-3-4-6-10(9)12/h3-6,8H,7,12H2,1-2H3,(H,13,14). The quantitative estimate of drug-likeness (QED) is 0.728. The Kier molecular flexibility index (Phi) is 4.12. The van der Waals surface area contributed by atoms with Gasteiger partial charge in [-0.15, -0.1) is 0 Å². The third-order valence-electron chi connectivity index (χ3n) is 2.12. The lowest BCUT2D eigenvalue weighted by Crippen LogP contribution is -2.30. The van der Waals surface area contributed by atoms with Crippen LogP contribution in [0.1, 0.15) is 18.5 Å². The van der Waals surface area contributed by atoms with E-state index in [4.69, 9.17) is 10.5 Å². The van der Waals surface area contributed by atoms with E-state index >= 15 is 0 Å². The van der Waals surface area contributed by atoms with E-state index in [2.05, 4.69) is 5.32 Å². The Morgan fingerprint density at radius 2 is 2.20 bits per heavy atom. The van der Waals surface area contributed by atoms with Gasteiger partial charge in [-0.05, 0) is 18.6 Å². The van der Waals surface area contributed by atoms with Gasteiger partial charge in [0.15, 0.2) is 0 Å². The highest BCUT2D eigenvalue weighted by atomic mass is 16.5. The summed E-state index contributed by atoms with van der Waals surface area (Å²) in [5, 5.41) is 2.79. The monoisotopic (exact) mass is 208 g/mol. The van der Waals surface area contributed by atoms with Crippen molar-refractivity contribution in [2.75, 3.05) is 19.5 Å². The number of anilines is 1. The van der Waals surface area contributed by atoms with Crippen molar-refractivity contribution in [3.8, 4) is 0 Å². The largest absolute Gasteiger partial charge is 0.398 e. The number of benzene rings is 1. The molecule has 3 N–H and O–H groups in total. The van der Waals surface area contributed by atoms with E-state index in [9.17, 15) is 4.79 Å². The van der Waals surface area contributed by atoms with E-state index in [1.54, 1.807) is 0 Å². The number of amides is 1. The molecule has 1 aromatic rings. The first-order chi connectivity index (χ1) is 7.15. The van der Waals surface area contributed by atoms with E-state index < -0.39 is 0 Å². The van der Waals surface area contributed by atoms with Gasteiger partial charge in [0.05, 0.1) is 6.04 Å². The number of para-hydroxylation sites is 1. The molecule has 0 radical (unpaired) electrons. The SMILES string of the molecule is COCC(=O)NC(C)c1ccccc1N. The highest BCUT2D eigenvalue weighted by Gasteiger charge is 2.10. The van der Waals surface area contributed by atoms with Gasteiger partial charge in [0.2, 0.25) is 5.91 Å². The zero-order valence-electron chi connectivity index (χ0n) is 8.99. The molecule has 4 nitrogen and oxygen atoms in total. The van der Waals surface area contributed by atoms with Crippen LogP contribution in [0.4, 0.5) is 5.69 Å². The summed E-state index contributed by atoms with van der Waals surface area (Å²) in [7, 11) is 1.49. The molecule has 1 atom stereocenters. The summed E-state index contributed by atoms with van der Waals surface area (Å²) < 4.78 is 4.73. The second-order valence-corrected chi connectivity index (χ2v) is 3.35. The third kappa shape index (κ3) is 3.25. The number of ether oxygens (including phenoxy) is 1. The van der Waals surface area contributed by atoms with Crippen LogP contribution in [0.25, 0.3) is 0 Å². The lowest BCUT2D eigenvalue weighted by Gasteiger charge is -2.15. The minimum Gasteiger partial charge on any atom is -0.398 e. The Morgan fingerprint density at radius 3 is 2.80 bits per heavy atom. The second-order valence-electron chi connectivity index (χ2n) is 3.35. The summed E-state index contributed by atoms with van der Waals surface area (Å²) in [4.78, 5) is 11.3. The molecule has 0 aliphatic carbocycles. The zero-order valence-corrected chi connectivity index (χ0v) is 8.99.